The Morgan fingerprint density at radius 1 is 0.857 bits per heavy atom. The molecule has 186 valence electrons. The highest BCUT2D eigenvalue weighted by Gasteiger charge is 2.14. The van der Waals surface area contributed by atoms with Crippen LogP contribution in [0.2, 0.25) is 0 Å². The van der Waals surface area contributed by atoms with Crippen LogP contribution in [0.25, 0.3) is 0 Å². The van der Waals surface area contributed by atoms with Gasteiger partial charge in [-0.3, -0.25) is 4.79 Å². The third-order valence-electron chi connectivity index (χ3n) is 5.71. The molecule has 0 saturated heterocycles. The van der Waals surface area contributed by atoms with Crippen molar-refractivity contribution in [2.75, 3.05) is 46.4 Å². The molecule has 0 radical (unpaired) electrons. The average Bonchev–Trinajstić information content (AvgIpc) is 2.91. The topological polar surface area (TPSA) is 60.0 Å². The molecule has 0 saturated carbocycles. The SMILES string of the molecule is COc1ccc(CSc2ccccc2N(C)C(=O)CCNCCc2ccc(OC)c(OC)c2)cc1. The Kier molecular flexibility index (Phi) is 10.3. The lowest BCUT2D eigenvalue weighted by molar-refractivity contribution is -0.118. The zero-order chi connectivity index (χ0) is 25.0. The van der Waals surface area contributed by atoms with E-state index in [1.807, 2.05) is 55.6 Å². The molecule has 0 aliphatic heterocycles. The van der Waals surface area contributed by atoms with Crippen LogP contribution in [-0.4, -0.2) is 47.4 Å². The normalized spacial score (nSPS) is 10.6. The first kappa shape index (κ1) is 26.4. The van der Waals surface area contributed by atoms with Crippen molar-refractivity contribution >= 4 is 23.4 Å². The van der Waals surface area contributed by atoms with Crippen molar-refractivity contribution in [1.29, 1.82) is 0 Å². The van der Waals surface area contributed by atoms with Crippen molar-refractivity contribution in [3.63, 3.8) is 0 Å². The van der Waals surface area contributed by atoms with Gasteiger partial charge in [-0.15, -0.1) is 11.8 Å². The molecular formula is C28H34N2O4S. The number of methoxy groups -OCH3 is 3. The first-order chi connectivity index (χ1) is 17.0. The van der Waals surface area contributed by atoms with Crippen LogP contribution in [0, 0.1) is 0 Å². The molecule has 0 fully saturated rings. The van der Waals surface area contributed by atoms with Crippen LogP contribution >= 0.6 is 11.8 Å². The summed E-state index contributed by atoms with van der Waals surface area (Å²) in [6.07, 6.45) is 1.27. The Hall–Kier alpha value is -3.16. The minimum absolute atomic E-state index is 0.0844. The van der Waals surface area contributed by atoms with Crippen molar-refractivity contribution < 1.29 is 19.0 Å². The Morgan fingerprint density at radius 3 is 2.29 bits per heavy atom. The summed E-state index contributed by atoms with van der Waals surface area (Å²) in [4.78, 5) is 15.7. The Bertz CT molecular complexity index is 1090. The van der Waals surface area contributed by atoms with E-state index in [9.17, 15) is 4.79 Å². The molecule has 6 nitrogen and oxygen atoms in total. The lowest BCUT2D eigenvalue weighted by Gasteiger charge is -2.21. The molecule has 3 aromatic carbocycles. The van der Waals surface area contributed by atoms with E-state index in [0.29, 0.717) is 13.0 Å². The second-order valence-corrected chi connectivity index (χ2v) is 9.01. The van der Waals surface area contributed by atoms with Crippen LogP contribution in [-0.2, 0) is 17.0 Å². The number of carbonyl (C=O) groups excluding carboxylic acids is 1. The van der Waals surface area contributed by atoms with E-state index < -0.39 is 0 Å². The Balaban J connectivity index is 1.47. The highest BCUT2D eigenvalue weighted by Crippen LogP contribution is 2.32. The van der Waals surface area contributed by atoms with Crippen LogP contribution < -0.4 is 24.4 Å². The van der Waals surface area contributed by atoms with Crippen LogP contribution in [0.15, 0.2) is 71.6 Å². The number of rotatable bonds is 13. The van der Waals surface area contributed by atoms with Crippen molar-refractivity contribution in [1.82, 2.24) is 5.32 Å². The predicted molar refractivity (Wildman–Crippen MR) is 143 cm³/mol. The van der Waals surface area contributed by atoms with Gasteiger partial charge in [-0.25, -0.2) is 0 Å². The minimum atomic E-state index is 0.0844. The molecule has 0 aromatic heterocycles. The van der Waals surface area contributed by atoms with Crippen LogP contribution in [0.3, 0.4) is 0 Å². The molecule has 0 atom stereocenters. The van der Waals surface area contributed by atoms with Gasteiger partial charge in [0, 0.05) is 30.7 Å². The molecule has 0 bridgehead atoms. The zero-order valence-corrected chi connectivity index (χ0v) is 21.7. The molecule has 0 unspecified atom stereocenters. The molecule has 7 heteroatoms. The molecular weight excluding hydrogens is 460 g/mol. The number of thioether (sulfide) groups is 1. The molecule has 0 aliphatic rings. The van der Waals surface area contributed by atoms with E-state index in [1.165, 1.54) is 5.56 Å². The fourth-order valence-corrected chi connectivity index (χ4v) is 4.67. The van der Waals surface area contributed by atoms with Gasteiger partial charge in [-0.2, -0.15) is 0 Å². The maximum atomic E-state index is 12.9. The summed E-state index contributed by atoms with van der Waals surface area (Å²) in [5.41, 5.74) is 3.29. The number of nitrogens with one attached hydrogen (secondary N) is 1. The number of amides is 1. The van der Waals surface area contributed by atoms with Gasteiger partial charge in [0.25, 0.3) is 0 Å². The quantitative estimate of drug-likeness (QED) is 0.261. The van der Waals surface area contributed by atoms with Gasteiger partial charge in [0.2, 0.25) is 5.91 Å². The molecule has 0 spiro atoms. The first-order valence-electron chi connectivity index (χ1n) is 11.6. The summed E-state index contributed by atoms with van der Waals surface area (Å²) in [5, 5.41) is 3.37. The summed E-state index contributed by atoms with van der Waals surface area (Å²) in [5.74, 6) is 3.20. The highest BCUT2D eigenvalue weighted by molar-refractivity contribution is 7.98. The van der Waals surface area contributed by atoms with Crippen molar-refractivity contribution in [3.05, 3.63) is 77.9 Å². The molecule has 3 rings (SSSR count). The summed E-state index contributed by atoms with van der Waals surface area (Å²) < 4.78 is 15.9. The van der Waals surface area contributed by atoms with E-state index in [-0.39, 0.29) is 5.91 Å². The van der Waals surface area contributed by atoms with Crippen molar-refractivity contribution in [3.8, 4) is 17.2 Å². The largest absolute Gasteiger partial charge is 0.497 e. The van der Waals surface area contributed by atoms with Crippen LogP contribution in [0.4, 0.5) is 5.69 Å². The molecule has 0 heterocycles. The first-order valence-corrected chi connectivity index (χ1v) is 12.6. The number of nitrogens with zero attached hydrogens (tertiary/aromatic N) is 1. The highest BCUT2D eigenvalue weighted by atomic mass is 32.2. The maximum absolute atomic E-state index is 12.9. The summed E-state index contributed by atoms with van der Waals surface area (Å²) in [6.45, 7) is 1.40. The van der Waals surface area contributed by atoms with E-state index in [4.69, 9.17) is 14.2 Å². The second-order valence-electron chi connectivity index (χ2n) is 8.00. The van der Waals surface area contributed by atoms with E-state index in [0.717, 1.165) is 52.1 Å². The van der Waals surface area contributed by atoms with Crippen LogP contribution in [0.1, 0.15) is 17.5 Å². The maximum Gasteiger partial charge on any atom is 0.228 e. The molecule has 0 aliphatic carbocycles. The zero-order valence-electron chi connectivity index (χ0n) is 20.9. The number of para-hydroxylation sites is 1. The molecule has 3 aromatic rings. The number of hydrogen-bond acceptors (Lipinski definition) is 6. The van der Waals surface area contributed by atoms with Crippen molar-refractivity contribution in [2.45, 2.75) is 23.5 Å². The Morgan fingerprint density at radius 2 is 1.57 bits per heavy atom. The smallest absolute Gasteiger partial charge is 0.228 e. The van der Waals surface area contributed by atoms with E-state index in [2.05, 4.69) is 23.5 Å². The number of hydrogen-bond donors (Lipinski definition) is 1. The van der Waals surface area contributed by atoms with Gasteiger partial charge in [0.15, 0.2) is 11.5 Å². The monoisotopic (exact) mass is 494 g/mol. The molecule has 35 heavy (non-hydrogen) atoms. The van der Waals surface area contributed by atoms with Gasteiger partial charge in [0.05, 0.1) is 27.0 Å². The summed E-state index contributed by atoms with van der Waals surface area (Å²) in [7, 11) is 6.78. The lowest BCUT2D eigenvalue weighted by Crippen LogP contribution is -2.30. The van der Waals surface area contributed by atoms with Gasteiger partial charge in [-0.1, -0.05) is 30.3 Å². The van der Waals surface area contributed by atoms with E-state index >= 15 is 0 Å². The lowest BCUT2D eigenvalue weighted by atomic mass is 10.1. The van der Waals surface area contributed by atoms with Gasteiger partial charge in [-0.05, 0) is 60.5 Å². The standard InChI is InChI=1S/C28H34N2O4S/c1-30(24-7-5-6-8-27(24)35-20-22-9-12-23(32-2)13-10-22)28(31)16-18-29-17-15-21-11-14-25(33-3)26(19-21)34-4/h5-14,19,29H,15-18,20H2,1-4H3. The van der Waals surface area contributed by atoms with Gasteiger partial charge in [0.1, 0.15) is 5.75 Å². The third kappa shape index (κ3) is 7.67. The Labute approximate surface area is 212 Å². The molecule has 1 N–H and O–H groups in total. The second kappa shape index (κ2) is 13.7. The fourth-order valence-electron chi connectivity index (χ4n) is 3.63. The van der Waals surface area contributed by atoms with Gasteiger partial charge >= 0.3 is 0 Å². The van der Waals surface area contributed by atoms with E-state index in [1.54, 1.807) is 38.0 Å². The summed E-state index contributed by atoms with van der Waals surface area (Å²) >= 11 is 1.72. The van der Waals surface area contributed by atoms with Crippen molar-refractivity contribution in [2.24, 2.45) is 0 Å². The van der Waals surface area contributed by atoms with Gasteiger partial charge < -0.3 is 24.4 Å². The summed E-state index contributed by atoms with van der Waals surface area (Å²) in [6, 6.07) is 22.0. The fraction of sp³-hybridized carbons (Fsp3) is 0.321. The minimum Gasteiger partial charge on any atom is -0.497 e. The number of anilines is 1. The average molecular weight is 495 g/mol. The predicted octanol–water partition coefficient (Wildman–Crippen LogP) is 5.19. The number of carbonyl (C=O) groups is 1. The number of benzene rings is 3. The molecule has 1 amide bonds. The third-order valence-corrected chi connectivity index (χ3v) is 6.84. The van der Waals surface area contributed by atoms with Crippen LogP contribution in [0.5, 0.6) is 17.2 Å². The number of ether oxygens (including phenoxy) is 3.